The smallest absolute Gasteiger partial charge is 0.277 e. The molecule has 1 aliphatic heterocycles. The van der Waals surface area contributed by atoms with Crippen molar-refractivity contribution in [3.63, 3.8) is 0 Å². The second-order valence-electron chi connectivity index (χ2n) is 4.08. The molecule has 17 heavy (non-hydrogen) atoms. The second-order valence-corrected chi connectivity index (χ2v) is 5.18. The van der Waals surface area contributed by atoms with Gasteiger partial charge in [0.1, 0.15) is 5.41 Å². The zero-order chi connectivity index (χ0) is 12.9. The maximum atomic E-state index is 11.8. The molecule has 96 valence electrons. The molecule has 2 N–H and O–H groups in total. The molecule has 0 unspecified atom stereocenters. The normalized spacial score (nSPS) is 18.8. The molecule has 4 amide bonds. The van der Waals surface area contributed by atoms with Crippen LogP contribution in [0.1, 0.15) is 33.1 Å². The first-order valence-corrected chi connectivity index (χ1v) is 6.97. The first kappa shape index (κ1) is 14.0. The number of rotatable bonds is 6. The monoisotopic (exact) mass is 258 g/mol. The molecule has 0 aliphatic carbocycles. The van der Waals surface area contributed by atoms with Gasteiger partial charge in [-0.15, -0.1) is 0 Å². The van der Waals surface area contributed by atoms with E-state index in [9.17, 15) is 14.4 Å². The van der Waals surface area contributed by atoms with Gasteiger partial charge in [-0.3, -0.25) is 20.2 Å². The van der Waals surface area contributed by atoms with E-state index >= 15 is 0 Å². The summed E-state index contributed by atoms with van der Waals surface area (Å²) >= 11 is 1.58. The number of hydrogen-bond acceptors (Lipinski definition) is 4. The van der Waals surface area contributed by atoms with Crippen molar-refractivity contribution in [2.75, 3.05) is 11.5 Å². The number of unbranched alkanes of at least 4 members (excludes halogenated alkanes) is 1. The molecule has 1 heterocycles. The Morgan fingerprint density at radius 1 is 1.12 bits per heavy atom. The lowest BCUT2D eigenvalue weighted by atomic mass is 9.84. The number of carbonyl (C=O) groups is 3. The summed E-state index contributed by atoms with van der Waals surface area (Å²) in [7, 11) is 0. The minimum absolute atomic E-state index is 0.400. The third-order valence-corrected chi connectivity index (χ3v) is 4.19. The average Bonchev–Trinajstić information content (AvgIpc) is 2.27. The van der Waals surface area contributed by atoms with Gasteiger partial charge in [0, 0.05) is 5.75 Å². The first-order valence-electron chi connectivity index (χ1n) is 5.81. The van der Waals surface area contributed by atoms with E-state index in [4.69, 9.17) is 0 Å². The summed E-state index contributed by atoms with van der Waals surface area (Å²) in [5.74, 6) is 0.400. The molecule has 5 nitrogen and oxygen atoms in total. The molecular weight excluding hydrogens is 240 g/mol. The van der Waals surface area contributed by atoms with Crippen LogP contribution in [-0.2, 0) is 9.59 Å². The van der Waals surface area contributed by atoms with E-state index in [0.717, 1.165) is 18.6 Å². The lowest BCUT2D eigenvalue weighted by Gasteiger charge is -2.32. The van der Waals surface area contributed by atoms with E-state index in [1.807, 2.05) is 0 Å². The van der Waals surface area contributed by atoms with Gasteiger partial charge in [0.05, 0.1) is 0 Å². The summed E-state index contributed by atoms with van der Waals surface area (Å²) in [6.45, 7) is 3.88. The van der Waals surface area contributed by atoms with Gasteiger partial charge in [-0.2, -0.15) is 11.8 Å². The fraction of sp³-hybridized carbons (Fsp3) is 0.727. The molecule has 1 fully saturated rings. The van der Waals surface area contributed by atoms with Gasteiger partial charge in [-0.1, -0.05) is 20.3 Å². The Balaban J connectivity index is 2.68. The zero-order valence-electron chi connectivity index (χ0n) is 10.2. The van der Waals surface area contributed by atoms with E-state index in [-0.39, 0.29) is 0 Å². The Morgan fingerprint density at radius 2 is 1.71 bits per heavy atom. The molecule has 1 aliphatic rings. The fourth-order valence-electron chi connectivity index (χ4n) is 1.63. The van der Waals surface area contributed by atoms with Gasteiger partial charge in [-0.05, 0) is 18.6 Å². The quantitative estimate of drug-likeness (QED) is 0.556. The summed E-state index contributed by atoms with van der Waals surface area (Å²) in [4.78, 5) is 34.6. The van der Waals surface area contributed by atoms with Crippen molar-refractivity contribution in [3.8, 4) is 0 Å². The highest BCUT2D eigenvalue weighted by molar-refractivity contribution is 7.99. The topological polar surface area (TPSA) is 75.3 Å². The molecule has 0 bridgehead atoms. The highest BCUT2D eigenvalue weighted by Crippen LogP contribution is 2.30. The number of barbiturate groups is 1. The number of amides is 4. The number of urea groups is 1. The maximum absolute atomic E-state index is 11.8. The molecule has 6 heteroatoms. The Labute approximate surface area is 105 Å². The first-order chi connectivity index (χ1) is 8.06. The van der Waals surface area contributed by atoms with Crippen molar-refractivity contribution in [1.29, 1.82) is 0 Å². The number of hydrogen-bond donors (Lipinski definition) is 2. The van der Waals surface area contributed by atoms with Crippen LogP contribution in [0.15, 0.2) is 0 Å². The zero-order valence-corrected chi connectivity index (χ0v) is 11.0. The maximum Gasteiger partial charge on any atom is 0.328 e. The number of nitrogens with one attached hydrogen (secondary N) is 2. The van der Waals surface area contributed by atoms with Crippen LogP contribution < -0.4 is 10.6 Å². The van der Waals surface area contributed by atoms with Gasteiger partial charge in [0.25, 0.3) is 0 Å². The summed E-state index contributed by atoms with van der Waals surface area (Å²) < 4.78 is 0. The third-order valence-electron chi connectivity index (χ3n) is 2.92. The predicted octanol–water partition coefficient (Wildman–Crippen LogP) is 1.28. The lowest BCUT2D eigenvalue weighted by Crippen LogP contribution is -2.63. The van der Waals surface area contributed by atoms with Gasteiger partial charge in [-0.25, -0.2) is 4.79 Å². The van der Waals surface area contributed by atoms with Crippen LogP contribution in [0.25, 0.3) is 0 Å². The summed E-state index contributed by atoms with van der Waals surface area (Å²) in [6.07, 6.45) is 2.55. The Hall–Kier alpha value is -1.04. The number of thioether (sulfide) groups is 1. The Kier molecular flexibility index (Phi) is 4.99. The average molecular weight is 258 g/mol. The molecule has 0 aromatic heterocycles. The van der Waals surface area contributed by atoms with Crippen molar-refractivity contribution in [3.05, 3.63) is 0 Å². The van der Waals surface area contributed by atoms with Gasteiger partial charge in [0.15, 0.2) is 0 Å². The summed E-state index contributed by atoms with van der Waals surface area (Å²) in [5.41, 5.74) is -1.09. The highest BCUT2D eigenvalue weighted by atomic mass is 32.2. The predicted molar refractivity (Wildman–Crippen MR) is 66.6 cm³/mol. The molecule has 0 saturated carbocycles. The van der Waals surface area contributed by atoms with E-state index < -0.39 is 23.3 Å². The molecule has 1 saturated heterocycles. The van der Waals surface area contributed by atoms with Crippen LogP contribution in [0.2, 0.25) is 0 Å². The molecule has 0 aromatic carbocycles. The third kappa shape index (κ3) is 3.00. The highest BCUT2D eigenvalue weighted by Gasteiger charge is 2.48. The van der Waals surface area contributed by atoms with Crippen LogP contribution in [0.5, 0.6) is 0 Å². The summed E-state index contributed by atoms with van der Waals surface area (Å²) in [6, 6.07) is -0.720. The van der Waals surface area contributed by atoms with Crippen LogP contribution in [0, 0.1) is 5.41 Å². The minimum atomic E-state index is -1.09. The number of carbonyl (C=O) groups excluding carboxylic acids is 3. The van der Waals surface area contributed by atoms with Crippen LogP contribution in [-0.4, -0.2) is 29.4 Å². The molecule has 1 rings (SSSR count). The van der Waals surface area contributed by atoms with Crippen molar-refractivity contribution in [2.24, 2.45) is 5.41 Å². The standard InChI is InChI=1S/C11H18N2O3S/c1-3-5-6-17-7-11(4-2)8(14)12-10(16)13-9(11)15/h3-7H2,1-2H3,(H2,12,13,14,15,16). The molecule has 0 spiro atoms. The minimum Gasteiger partial charge on any atom is -0.277 e. The van der Waals surface area contributed by atoms with Crippen molar-refractivity contribution < 1.29 is 14.4 Å². The summed E-state index contributed by atoms with van der Waals surface area (Å²) in [5, 5.41) is 4.34. The Morgan fingerprint density at radius 3 is 2.18 bits per heavy atom. The van der Waals surface area contributed by atoms with Crippen molar-refractivity contribution >= 4 is 29.6 Å². The van der Waals surface area contributed by atoms with E-state index in [1.165, 1.54) is 0 Å². The second kappa shape index (κ2) is 6.05. The molecular formula is C11H18N2O3S. The van der Waals surface area contributed by atoms with Gasteiger partial charge < -0.3 is 0 Å². The van der Waals surface area contributed by atoms with E-state index in [0.29, 0.717) is 12.2 Å². The number of imide groups is 2. The van der Waals surface area contributed by atoms with Crippen LogP contribution in [0.3, 0.4) is 0 Å². The van der Waals surface area contributed by atoms with E-state index in [2.05, 4.69) is 17.6 Å². The van der Waals surface area contributed by atoms with Crippen molar-refractivity contribution in [2.45, 2.75) is 33.1 Å². The molecule has 0 radical (unpaired) electrons. The Bertz CT molecular complexity index is 311. The van der Waals surface area contributed by atoms with Crippen molar-refractivity contribution in [1.82, 2.24) is 10.6 Å². The molecule has 0 atom stereocenters. The largest absolute Gasteiger partial charge is 0.328 e. The van der Waals surface area contributed by atoms with Crippen LogP contribution in [0.4, 0.5) is 4.79 Å². The fourth-order valence-corrected chi connectivity index (χ4v) is 3.08. The lowest BCUT2D eigenvalue weighted by molar-refractivity contribution is -0.142. The molecule has 0 aromatic rings. The van der Waals surface area contributed by atoms with Gasteiger partial charge in [0.2, 0.25) is 11.8 Å². The SMILES string of the molecule is CCCCSCC1(CC)C(=O)NC(=O)NC1=O. The van der Waals surface area contributed by atoms with Crippen LogP contribution >= 0.6 is 11.8 Å². The van der Waals surface area contributed by atoms with Gasteiger partial charge >= 0.3 is 6.03 Å². The van der Waals surface area contributed by atoms with E-state index in [1.54, 1.807) is 18.7 Å².